The van der Waals surface area contributed by atoms with Crippen LogP contribution in [0.2, 0.25) is 0 Å². The van der Waals surface area contributed by atoms with Gasteiger partial charge in [-0.25, -0.2) is 4.39 Å². The Bertz CT molecular complexity index is 897. The normalized spacial score (nSPS) is 11.2. The minimum atomic E-state index is -0.228. The van der Waals surface area contributed by atoms with Gasteiger partial charge in [0.1, 0.15) is 5.82 Å². The maximum absolute atomic E-state index is 14.8. The Hall–Kier alpha value is -2.49. The molecule has 3 aromatic rings. The molecule has 29 heavy (non-hydrogen) atoms. The van der Waals surface area contributed by atoms with E-state index in [1.54, 1.807) is 6.07 Å². The fraction of sp³-hybridized carbons (Fsp3) is 0.308. The largest absolute Gasteiger partial charge is 0.396 e. The summed E-state index contributed by atoms with van der Waals surface area (Å²) >= 11 is 0. The maximum atomic E-state index is 14.8. The SMILES string of the molecule is CCCc1ccc(-c2ccc(-c3ccc(CCC(CO)CO)cc3)c(F)c2)cc1. The molecule has 0 unspecified atom stereocenters. The zero-order chi connectivity index (χ0) is 20.6. The van der Waals surface area contributed by atoms with Crippen molar-refractivity contribution in [2.75, 3.05) is 13.2 Å². The fourth-order valence-electron chi connectivity index (χ4n) is 3.54. The van der Waals surface area contributed by atoms with E-state index in [4.69, 9.17) is 10.2 Å². The van der Waals surface area contributed by atoms with E-state index in [1.807, 2.05) is 36.4 Å². The molecule has 3 aromatic carbocycles. The molecule has 3 rings (SSSR count). The zero-order valence-corrected chi connectivity index (χ0v) is 16.9. The van der Waals surface area contributed by atoms with E-state index < -0.39 is 0 Å². The lowest BCUT2D eigenvalue weighted by Crippen LogP contribution is -2.11. The molecule has 0 bridgehead atoms. The van der Waals surface area contributed by atoms with Gasteiger partial charge in [-0.05, 0) is 53.1 Å². The van der Waals surface area contributed by atoms with Crippen LogP contribution in [0.25, 0.3) is 22.3 Å². The first-order chi connectivity index (χ1) is 14.1. The van der Waals surface area contributed by atoms with Crippen molar-refractivity contribution in [3.05, 3.63) is 83.7 Å². The van der Waals surface area contributed by atoms with E-state index in [0.29, 0.717) is 5.56 Å². The molecular weight excluding hydrogens is 363 g/mol. The average Bonchev–Trinajstić information content (AvgIpc) is 2.76. The summed E-state index contributed by atoms with van der Waals surface area (Å²) < 4.78 is 14.8. The van der Waals surface area contributed by atoms with Gasteiger partial charge in [0.05, 0.1) is 0 Å². The number of rotatable bonds is 9. The summed E-state index contributed by atoms with van der Waals surface area (Å²) in [4.78, 5) is 0. The highest BCUT2D eigenvalue weighted by Crippen LogP contribution is 2.29. The third-order valence-electron chi connectivity index (χ3n) is 5.42. The van der Waals surface area contributed by atoms with Gasteiger partial charge in [-0.15, -0.1) is 0 Å². The zero-order valence-electron chi connectivity index (χ0n) is 16.9. The molecule has 0 amide bonds. The minimum Gasteiger partial charge on any atom is -0.396 e. The van der Waals surface area contributed by atoms with Crippen molar-refractivity contribution in [2.45, 2.75) is 32.6 Å². The summed E-state index contributed by atoms with van der Waals surface area (Å²) in [5.41, 5.74) is 5.75. The highest BCUT2D eigenvalue weighted by molar-refractivity contribution is 5.71. The predicted octanol–water partition coefficient (Wildman–Crippen LogP) is 5.65. The van der Waals surface area contributed by atoms with Gasteiger partial charge in [0.15, 0.2) is 0 Å². The lowest BCUT2D eigenvalue weighted by Gasteiger charge is -2.11. The van der Waals surface area contributed by atoms with Crippen molar-refractivity contribution in [3.8, 4) is 22.3 Å². The van der Waals surface area contributed by atoms with Gasteiger partial charge in [-0.2, -0.15) is 0 Å². The summed E-state index contributed by atoms with van der Waals surface area (Å²) in [6.45, 7) is 2.15. The highest BCUT2D eigenvalue weighted by Gasteiger charge is 2.09. The van der Waals surface area contributed by atoms with Gasteiger partial charge in [0, 0.05) is 24.7 Å². The summed E-state index contributed by atoms with van der Waals surface area (Å²) in [6.07, 6.45) is 3.68. The number of aliphatic hydroxyl groups is 2. The molecule has 0 aliphatic rings. The van der Waals surface area contributed by atoms with Gasteiger partial charge in [-0.1, -0.05) is 74.0 Å². The Morgan fingerprint density at radius 3 is 1.83 bits per heavy atom. The number of aliphatic hydroxyl groups excluding tert-OH is 2. The second-order valence-electron chi connectivity index (χ2n) is 7.61. The molecule has 0 radical (unpaired) electrons. The summed E-state index contributed by atoms with van der Waals surface area (Å²) in [5.74, 6) is -0.316. The molecule has 152 valence electrons. The topological polar surface area (TPSA) is 40.5 Å². The van der Waals surface area contributed by atoms with Crippen LogP contribution in [0.4, 0.5) is 4.39 Å². The Morgan fingerprint density at radius 1 is 0.724 bits per heavy atom. The van der Waals surface area contributed by atoms with Gasteiger partial charge in [0.2, 0.25) is 0 Å². The van der Waals surface area contributed by atoms with E-state index in [1.165, 1.54) is 5.56 Å². The minimum absolute atomic E-state index is 0.00647. The third-order valence-corrected chi connectivity index (χ3v) is 5.42. The molecule has 0 atom stereocenters. The van der Waals surface area contributed by atoms with Crippen molar-refractivity contribution < 1.29 is 14.6 Å². The van der Waals surface area contributed by atoms with E-state index in [-0.39, 0.29) is 24.9 Å². The smallest absolute Gasteiger partial charge is 0.131 e. The van der Waals surface area contributed by atoms with Crippen LogP contribution in [0.3, 0.4) is 0 Å². The van der Waals surface area contributed by atoms with Gasteiger partial charge in [-0.3, -0.25) is 0 Å². The van der Waals surface area contributed by atoms with Gasteiger partial charge >= 0.3 is 0 Å². The summed E-state index contributed by atoms with van der Waals surface area (Å²) in [7, 11) is 0. The van der Waals surface area contributed by atoms with Crippen LogP contribution in [-0.2, 0) is 12.8 Å². The standard InChI is InChI=1S/C26H29FO2/c1-2-3-19-6-10-22(11-7-19)24-14-15-25(26(27)16-24)23-12-8-20(9-13-23)4-5-21(17-28)18-29/h6-16,21,28-29H,2-5,17-18H2,1H3. The highest BCUT2D eigenvalue weighted by atomic mass is 19.1. The number of hydrogen-bond acceptors (Lipinski definition) is 2. The van der Waals surface area contributed by atoms with Crippen LogP contribution in [0, 0.1) is 11.7 Å². The van der Waals surface area contributed by atoms with Crippen molar-refractivity contribution in [1.82, 2.24) is 0 Å². The lowest BCUT2D eigenvalue weighted by atomic mass is 9.96. The molecule has 2 N–H and O–H groups in total. The number of aryl methyl sites for hydroxylation is 2. The second kappa shape index (κ2) is 10.3. The van der Waals surface area contributed by atoms with Crippen molar-refractivity contribution in [3.63, 3.8) is 0 Å². The fourth-order valence-corrected chi connectivity index (χ4v) is 3.54. The summed E-state index contributed by atoms with van der Waals surface area (Å²) in [5, 5.41) is 18.3. The quantitative estimate of drug-likeness (QED) is 0.494. The Labute approximate surface area is 172 Å². The van der Waals surface area contributed by atoms with Crippen molar-refractivity contribution in [1.29, 1.82) is 0 Å². The predicted molar refractivity (Wildman–Crippen MR) is 117 cm³/mol. The van der Waals surface area contributed by atoms with Gasteiger partial charge < -0.3 is 10.2 Å². The van der Waals surface area contributed by atoms with E-state index >= 15 is 0 Å². The molecule has 0 heterocycles. The third kappa shape index (κ3) is 5.53. The monoisotopic (exact) mass is 392 g/mol. The molecule has 0 saturated carbocycles. The first kappa shape index (κ1) is 21.2. The molecule has 2 nitrogen and oxygen atoms in total. The van der Waals surface area contributed by atoms with Crippen LogP contribution in [0.5, 0.6) is 0 Å². The first-order valence-corrected chi connectivity index (χ1v) is 10.3. The Morgan fingerprint density at radius 2 is 1.28 bits per heavy atom. The molecule has 0 aromatic heterocycles. The molecule has 0 aliphatic carbocycles. The number of hydrogen-bond donors (Lipinski definition) is 2. The number of benzene rings is 3. The van der Waals surface area contributed by atoms with E-state index in [2.05, 4.69) is 31.2 Å². The molecule has 0 spiro atoms. The first-order valence-electron chi connectivity index (χ1n) is 10.3. The van der Waals surface area contributed by atoms with Crippen molar-refractivity contribution in [2.24, 2.45) is 5.92 Å². The second-order valence-corrected chi connectivity index (χ2v) is 7.61. The van der Waals surface area contributed by atoms with E-state index in [0.717, 1.165) is 47.9 Å². The van der Waals surface area contributed by atoms with Crippen LogP contribution in [-0.4, -0.2) is 23.4 Å². The van der Waals surface area contributed by atoms with Crippen molar-refractivity contribution >= 4 is 0 Å². The number of halogens is 1. The molecule has 0 fully saturated rings. The molecular formula is C26H29FO2. The Kier molecular flexibility index (Phi) is 7.56. The molecule has 0 aliphatic heterocycles. The lowest BCUT2D eigenvalue weighted by molar-refractivity contribution is 0.144. The maximum Gasteiger partial charge on any atom is 0.131 e. The molecule has 3 heteroatoms. The Balaban J connectivity index is 1.73. The van der Waals surface area contributed by atoms with Crippen LogP contribution >= 0.6 is 0 Å². The van der Waals surface area contributed by atoms with Gasteiger partial charge in [0.25, 0.3) is 0 Å². The van der Waals surface area contributed by atoms with E-state index in [9.17, 15) is 4.39 Å². The van der Waals surface area contributed by atoms with Crippen LogP contribution < -0.4 is 0 Å². The van der Waals surface area contributed by atoms with Crippen LogP contribution in [0.15, 0.2) is 66.7 Å². The molecule has 0 saturated heterocycles. The summed E-state index contributed by atoms with van der Waals surface area (Å²) in [6, 6.07) is 21.6. The van der Waals surface area contributed by atoms with Crippen LogP contribution in [0.1, 0.15) is 30.9 Å². The average molecular weight is 393 g/mol.